The minimum atomic E-state index is -0.641. The van der Waals surface area contributed by atoms with E-state index in [-0.39, 0.29) is 11.5 Å². The minimum Gasteiger partial charge on any atom is -0.399 e. The molecule has 0 saturated carbocycles. The van der Waals surface area contributed by atoms with Gasteiger partial charge in [-0.05, 0) is 46.1 Å². The molecule has 0 bridgehead atoms. The second kappa shape index (κ2) is 5.11. The first kappa shape index (κ1) is 16.0. The molecule has 1 heterocycles. The lowest BCUT2D eigenvalue weighted by molar-refractivity contribution is -0.115. The van der Waals surface area contributed by atoms with Gasteiger partial charge in [0.15, 0.2) is 0 Å². The van der Waals surface area contributed by atoms with Crippen LogP contribution in [0.15, 0.2) is 18.2 Å². The zero-order chi connectivity index (χ0) is 16.0. The van der Waals surface area contributed by atoms with E-state index >= 15 is 0 Å². The summed E-state index contributed by atoms with van der Waals surface area (Å²) in [5.74, 6) is -0.969. The number of benzene rings is 1. The van der Waals surface area contributed by atoms with Crippen molar-refractivity contribution in [2.24, 2.45) is 5.73 Å². The molecule has 1 saturated heterocycles. The zero-order valence-electron chi connectivity index (χ0n) is 13.0. The van der Waals surface area contributed by atoms with E-state index in [9.17, 15) is 9.18 Å². The van der Waals surface area contributed by atoms with E-state index in [1.165, 1.54) is 19.1 Å². The van der Waals surface area contributed by atoms with Gasteiger partial charge < -0.3 is 15.0 Å². The fraction of sp³-hybridized carbons (Fsp3) is 0.467. The van der Waals surface area contributed by atoms with E-state index in [2.05, 4.69) is 0 Å². The number of hydrogen-bond acceptors (Lipinski definition) is 3. The molecule has 1 amide bonds. The molecule has 1 aromatic rings. The highest BCUT2D eigenvalue weighted by Gasteiger charge is 2.51. The molecule has 4 nitrogen and oxygen atoms in total. The number of amides is 1. The quantitative estimate of drug-likeness (QED) is 0.860. The van der Waals surface area contributed by atoms with Gasteiger partial charge in [-0.2, -0.15) is 0 Å². The van der Waals surface area contributed by atoms with E-state index in [1.807, 2.05) is 27.7 Å². The molecule has 1 fully saturated rings. The van der Waals surface area contributed by atoms with Crippen LogP contribution in [0.2, 0.25) is 0 Å². The Morgan fingerprint density at radius 3 is 2.14 bits per heavy atom. The fourth-order valence-electron chi connectivity index (χ4n) is 2.09. The summed E-state index contributed by atoms with van der Waals surface area (Å²) < 4.78 is 25.9. The lowest BCUT2D eigenvalue weighted by atomic mass is 9.78. The molecule has 1 aromatic carbocycles. The first-order chi connectivity index (χ1) is 9.55. The fourth-order valence-corrected chi connectivity index (χ4v) is 2.09. The van der Waals surface area contributed by atoms with E-state index in [1.54, 1.807) is 6.07 Å². The average Bonchev–Trinajstić information content (AvgIpc) is 2.57. The van der Waals surface area contributed by atoms with Crippen molar-refractivity contribution in [2.45, 2.75) is 45.8 Å². The maximum Gasteiger partial charge on any atom is 0.494 e. The van der Waals surface area contributed by atoms with Crippen LogP contribution in [0.25, 0.3) is 0 Å². The van der Waals surface area contributed by atoms with Gasteiger partial charge in [-0.15, -0.1) is 0 Å². The molecule has 0 atom stereocenters. The predicted octanol–water partition coefficient (Wildman–Crippen LogP) is 1.55. The van der Waals surface area contributed by atoms with Gasteiger partial charge >= 0.3 is 7.12 Å². The summed E-state index contributed by atoms with van der Waals surface area (Å²) >= 11 is 0. The summed E-state index contributed by atoms with van der Waals surface area (Å²) in [7, 11) is -0.632. The van der Waals surface area contributed by atoms with Gasteiger partial charge in [0, 0.05) is 5.56 Å². The van der Waals surface area contributed by atoms with Crippen LogP contribution in [0.1, 0.15) is 40.2 Å². The molecule has 1 aliphatic rings. The van der Waals surface area contributed by atoms with Crippen LogP contribution in [0.5, 0.6) is 0 Å². The zero-order valence-corrected chi connectivity index (χ0v) is 13.0. The van der Waals surface area contributed by atoms with E-state index < -0.39 is 30.0 Å². The standard InChI is InChI=1S/C15H20BFNO3/c1-9(13(18)19)11-7-6-10(8-12(11)17)16-20-14(2,3)15(4,5)21-16/h6-8H,1-5H3,(H2,18,19). The molecular formula is C15H20BFNO3. The van der Waals surface area contributed by atoms with Crippen molar-refractivity contribution in [1.29, 1.82) is 0 Å². The van der Waals surface area contributed by atoms with Crippen molar-refractivity contribution in [1.82, 2.24) is 0 Å². The highest BCUT2D eigenvalue weighted by Crippen LogP contribution is 2.36. The van der Waals surface area contributed by atoms with Gasteiger partial charge in [-0.1, -0.05) is 12.1 Å². The Balaban J connectivity index is 2.28. The number of halogens is 1. The van der Waals surface area contributed by atoms with Gasteiger partial charge in [-0.3, -0.25) is 4.79 Å². The highest BCUT2D eigenvalue weighted by molar-refractivity contribution is 6.62. The molecule has 0 spiro atoms. The summed E-state index contributed by atoms with van der Waals surface area (Å²) in [6.07, 6.45) is 0. The van der Waals surface area contributed by atoms with Crippen LogP contribution in [0, 0.1) is 11.7 Å². The molecule has 0 aliphatic carbocycles. The number of carbonyl (C=O) groups is 1. The van der Waals surface area contributed by atoms with Crippen molar-refractivity contribution in [3.63, 3.8) is 0 Å². The monoisotopic (exact) mass is 292 g/mol. The number of hydrogen-bond donors (Lipinski definition) is 1. The van der Waals surface area contributed by atoms with Crippen LogP contribution in [0.4, 0.5) is 4.39 Å². The first-order valence-electron chi connectivity index (χ1n) is 6.84. The van der Waals surface area contributed by atoms with E-state index in [0.29, 0.717) is 5.46 Å². The summed E-state index contributed by atoms with van der Waals surface area (Å²) in [6.45, 7) is 9.23. The van der Waals surface area contributed by atoms with Crippen LogP contribution < -0.4 is 11.2 Å². The molecule has 1 aliphatic heterocycles. The van der Waals surface area contributed by atoms with Gasteiger partial charge in [-0.25, -0.2) is 4.39 Å². The van der Waals surface area contributed by atoms with Crippen LogP contribution in [-0.2, 0) is 14.1 Å². The van der Waals surface area contributed by atoms with Crippen molar-refractivity contribution < 1.29 is 18.5 Å². The third kappa shape index (κ3) is 2.83. The van der Waals surface area contributed by atoms with Gasteiger partial charge in [0.1, 0.15) is 5.82 Å². The number of nitrogens with two attached hydrogens (primary N) is 1. The second-order valence-corrected chi connectivity index (χ2v) is 6.32. The second-order valence-electron chi connectivity index (χ2n) is 6.32. The SMILES string of the molecule is C[C](C(N)=O)c1ccc(B2OC(C)(C)C(C)(C)O2)cc1F. The number of rotatable bonds is 3. The molecule has 2 N–H and O–H groups in total. The summed E-state index contributed by atoms with van der Waals surface area (Å²) in [6, 6.07) is 4.53. The topological polar surface area (TPSA) is 61.6 Å². The van der Waals surface area contributed by atoms with E-state index in [0.717, 1.165) is 0 Å². The summed E-state index contributed by atoms with van der Waals surface area (Å²) in [5, 5.41) is 0. The van der Waals surface area contributed by atoms with Crippen molar-refractivity contribution in [3.8, 4) is 0 Å². The van der Waals surface area contributed by atoms with Crippen LogP contribution in [0.3, 0.4) is 0 Å². The molecule has 21 heavy (non-hydrogen) atoms. The summed E-state index contributed by atoms with van der Waals surface area (Å²) in [5.41, 5.74) is 4.98. The van der Waals surface area contributed by atoms with Gasteiger partial charge in [0.05, 0.1) is 17.1 Å². The third-order valence-electron chi connectivity index (χ3n) is 4.29. The molecule has 1 radical (unpaired) electrons. The Labute approximate surface area is 124 Å². The van der Waals surface area contributed by atoms with Crippen molar-refractivity contribution in [3.05, 3.63) is 35.5 Å². The Morgan fingerprint density at radius 1 is 1.19 bits per heavy atom. The van der Waals surface area contributed by atoms with Crippen LogP contribution >= 0.6 is 0 Å². The lowest BCUT2D eigenvalue weighted by Gasteiger charge is -2.32. The van der Waals surface area contributed by atoms with E-state index in [4.69, 9.17) is 15.0 Å². The average molecular weight is 292 g/mol. The maximum absolute atomic E-state index is 14.2. The van der Waals surface area contributed by atoms with Crippen molar-refractivity contribution >= 4 is 18.5 Å². The van der Waals surface area contributed by atoms with Gasteiger partial charge in [0.2, 0.25) is 5.91 Å². The maximum atomic E-state index is 14.2. The summed E-state index contributed by atoms with van der Waals surface area (Å²) in [4.78, 5) is 11.1. The molecule has 2 rings (SSSR count). The number of carbonyl (C=O) groups excluding carboxylic acids is 1. The molecule has 113 valence electrons. The molecular weight excluding hydrogens is 272 g/mol. The van der Waals surface area contributed by atoms with Crippen LogP contribution in [-0.4, -0.2) is 24.2 Å². The Hall–Kier alpha value is -1.40. The Bertz CT molecular complexity index is 558. The van der Waals surface area contributed by atoms with Gasteiger partial charge in [0.25, 0.3) is 0 Å². The Kier molecular flexibility index (Phi) is 3.89. The largest absolute Gasteiger partial charge is 0.494 e. The minimum absolute atomic E-state index is 0.188. The third-order valence-corrected chi connectivity index (χ3v) is 4.29. The smallest absolute Gasteiger partial charge is 0.399 e. The first-order valence-corrected chi connectivity index (χ1v) is 6.84. The molecule has 0 unspecified atom stereocenters. The molecule has 6 heteroatoms. The lowest BCUT2D eigenvalue weighted by Crippen LogP contribution is -2.41. The normalized spacial score (nSPS) is 20.0. The predicted molar refractivity (Wildman–Crippen MR) is 79.3 cm³/mol. The molecule has 0 aromatic heterocycles. The number of primary amides is 1. The Morgan fingerprint density at radius 2 is 1.71 bits per heavy atom. The van der Waals surface area contributed by atoms with Crippen molar-refractivity contribution in [2.75, 3.05) is 0 Å². The highest BCUT2D eigenvalue weighted by atomic mass is 19.1.